The largest absolute Gasteiger partial charge is 0.450 e. The molecule has 0 spiro atoms. The summed E-state index contributed by atoms with van der Waals surface area (Å²) in [7, 11) is -4.88. The summed E-state index contributed by atoms with van der Waals surface area (Å²) >= 11 is 5.78. The lowest BCUT2D eigenvalue weighted by Gasteiger charge is -2.23. The second kappa shape index (κ2) is 5.98. The van der Waals surface area contributed by atoms with Crippen LogP contribution < -0.4 is 5.32 Å². The molecule has 0 aliphatic rings. The van der Waals surface area contributed by atoms with Crippen molar-refractivity contribution in [2.24, 2.45) is 0 Å². The molecule has 0 aliphatic carbocycles. The van der Waals surface area contributed by atoms with Gasteiger partial charge in [0.15, 0.2) is 5.60 Å². The summed E-state index contributed by atoms with van der Waals surface area (Å²) in [5.41, 5.74) is -1.38. The van der Waals surface area contributed by atoms with E-state index in [4.69, 9.17) is 16.3 Å². The van der Waals surface area contributed by atoms with Gasteiger partial charge in [-0.3, -0.25) is 9.59 Å². The van der Waals surface area contributed by atoms with E-state index in [-0.39, 0.29) is 10.7 Å². The van der Waals surface area contributed by atoms with E-state index in [9.17, 15) is 21.9 Å². The Hall–Kier alpha value is -1.67. The summed E-state index contributed by atoms with van der Waals surface area (Å²) in [5.74, 6) is -1.31. The van der Waals surface area contributed by atoms with Crippen LogP contribution in [0.5, 0.6) is 0 Å². The predicted octanol–water partition coefficient (Wildman–Crippen LogP) is 2.28. The van der Waals surface area contributed by atoms with Gasteiger partial charge in [-0.2, -0.15) is 8.42 Å². The third-order valence-electron chi connectivity index (χ3n) is 2.42. The van der Waals surface area contributed by atoms with Gasteiger partial charge in [-0.15, -0.1) is 3.89 Å². The molecule has 0 heterocycles. The molecule has 0 unspecified atom stereocenters. The second-order valence-corrected chi connectivity index (χ2v) is 6.39. The van der Waals surface area contributed by atoms with Crippen molar-refractivity contribution in [3.8, 4) is 0 Å². The van der Waals surface area contributed by atoms with Crippen molar-refractivity contribution in [3.63, 3.8) is 0 Å². The van der Waals surface area contributed by atoms with Crippen LogP contribution in [0, 0.1) is 0 Å². The fourth-order valence-electron chi connectivity index (χ4n) is 1.43. The lowest BCUT2D eigenvalue weighted by atomic mass is 10.1. The molecular formula is C12H13ClFNO5S. The first kappa shape index (κ1) is 17.4. The number of benzene rings is 1. The molecule has 9 heteroatoms. The maximum absolute atomic E-state index is 12.8. The first-order valence-corrected chi connectivity index (χ1v) is 7.45. The van der Waals surface area contributed by atoms with Crippen molar-refractivity contribution in [1.82, 2.24) is 0 Å². The molecule has 0 atom stereocenters. The number of carbonyl (C=O) groups is 2. The van der Waals surface area contributed by atoms with Crippen LogP contribution >= 0.6 is 11.6 Å². The minimum absolute atomic E-state index is 0.0642. The highest BCUT2D eigenvalue weighted by Gasteiger charge is 2.31. The van der Waals surface area contributed by atoms with E-state index in [1.54, 1.807) is 0 Å². The van der Waals surface area contributed by atoms with Gasteiger partial charge in [0.2, 0.25) is 0 Å². The van der Waals surface area contributed by atoms with Gasteiger partial charge < -0.3 is 10.1 Å². The molecule has 116 valence electrons. The smallest absolute Gasteiger partial charge is 0.332 e. The molecule has 1 amide bonds. The topological polar surface area (TPSA) is 89.5 Å². The van der Waals surface area contributed by atoms with E-state index in [0.29, 0.717) is 0 Å². The molecule has 6 nitrogen and oxygen atoms in total. The van der Waals surface area contributed by atoms with Crippen LogP contribution in [0.15, 0.2) is 23.1 Å². The standard InChI is InChI=1S/C12H13ClFNO5S/c1-7(16)20-12(2,3)11(17)15-10-5-4-8(6-9(10)13)21(14,18)19/h4-6H,1-3H3,(H,15,17). The number of hydrogen-bond donors (Lipinski definition) is 1. The minimum Gasteiger partial charge on any atom is -0.450 e. The zero-order chi connectivity index (χ0) is 16.4. The van der Waals surface area contributed by atoms with Crippen LogP contribution in [0.2, 0.25) is 5.02 Å². The third-order valence-corrected chi connectivity index (χ3v) is 3.55. The Kier molecular flexibility index (Phi) is 4.95. The van der Waals surface area contributed by atoms with Gasteiger partial charge in [0.25, 0.3) is 5.91 Å². The Labute approximate surface area is 126 Å². The fourth-order valence-corrected chi connectivity index (χ4v) is 2.21. The number of rotatable bonds is 4. The van der Waals surface area contributed by atoms with Crippen LogP contribution in [0.4, 0.5) is 9.57 Å². The minimum atomic E-state index is -4.88. The highest BCUT2D eigenvalue weighted by Crippen LogP contribution is 2.27. The molecule has 1 aromatic rings. The highest BCUT2D eigenvalue weighted by molar-refractivity contribution is 7.86. The zero-order valence-corrected chi connectivity index (χ0v) is 13.0. The Morgan fingerprint density at radius 3 is 2.33 bits per heavy atom. The maximum atomic E-state index is 12.8. The third kappa shape index (κ3) is 4.68. The summed E-state index contributed by atoms with van der Waals surface area (Å²) in [6, 6.07) is 2.96. The van der Waals surface area contributed by atoms with Crippen LogP contribution in [0.25, 0.3) is 0 Å². The number of carbonyl (C=O) groups excluding carboxylic acids is 2. The number of ether oxygens (including phenoxy) is 1. The second-order valence-electron chi connectivity index (χ2n) is 4.64. The molecule has 1 rings (SSSR count). The predicted molar refractivity (Wildman–Crippen MR) is 74.2 cm³/mol. The monoisotopic (exact) mass is 337 g/mol. The van der Waals surface area contributed by atoms with Crippen LogP contribution in [-0.4, -0.2) is 25.9 Å². The number of hydrogen-bond acceptors (Lipinski definition) is 5. The Morgan fingerprint density at radius 1 is 1.33 bits per heavy atom. The maximum Gasteiger partial charge on any atom is 0.332 e. The van der Waals surface area contributed by atoms with E-state index in [0.717, 1.165) is 25.1 Å². The van der Waals surface area contributed by atoms with Crippen molar-refractivity contribution in [2.45, 2.75) is 31.3 Å². The molecule has 0 saturated carbocycles. The van der Waals surface area contributed by atoms with E-state index in [1.807, 2.05) is 0 Å². The molecule has 1 aromatic carbocycles. The average molecular weight is 338 g/mol. The highest BCUT2D eigenvalue weighted by atomic mass is 35.5. The first-order valence-electron chi connectivity index (χ1n) is 5.69. The number of esters is 1. The summed E-state index contributed by atoms with van der Waals surface area (Å²) < 4.78 is 39.1. The van der Waals surface area contributed by atoms with Crippen molar-refractivity contribution in [3.05, 3.63) is 23.2 Å². The van der Waals surface area contributed by atoms with Crippen molar-refractivity contribution in [1.29, 1.82) is 0 Å². The van der Waals surface area contributed by atoms with Crippen LogP contribution in [-0.2, 0) is 24.5 Å². The zero-order valence-electron chi connectivity index (χ0n) is 11.4. The van der Waals surface area contributed by atoms with Crippen LogP contribution in [0.3, 0.4) is 0 Å². The number of anilines is 1. The lowest BCUT2D eigenvalue weighted by Crippen LogP contribution is -2.41. The van der Waals surface area contributed by atoms with Gasteiger partial charge in [0.05, 0.1) is 10.7 Å². The molecule has 21 heavy (non-hydrogen) atoms. The van der Waals surface area contributed by atoms with Gasteiger partial charge in [-0.1, -0.05) is 11.6 Å². The summed E-state index contributed by atoms with van der Waals surface area (Å²) in [6.07, 6.45) is 0. The van der Waals surface area contributed by atoms with Crippen LogP contribution in [0.1, 0.15) is 20.8 Å². The van der Waals surface area contributed by atoms with E-state index in [1.165, 1.54) is 13.8 Å². The van der Waals surface area contributed by atoms with Crippen molar-refractivity contribution >= 4 is 39.4 Å². The van der Waals surface area contributed by atoms with E-state index in [2.05, 4.69) is 5.32 Å². The first-order chi connectivity index (χ1) is 9.43. The van der Waals surface area contributed by atoms with Gasteiger partial charge in [0.1, 0.15) is 4.90 Å². The fraction of sp³-hybridized carbons (Fsp3) is 0.333. The molecular weight excluding hydrogens is 325 g/mol. The number of nitrogens with one attached hydrogen (secondary N) is 1. The molecule has 0 radical (unpaired) electrons. The Balaban J connectivity index is 2.99. The average Bonchev–Trinajstić information content (AvgIpc) is 2.28. The summed E-state index contributed by atoms with van der Waals surface area (Å²) in [6.45, 7) is 3.90. The van der Waals surface area contributed by atoms with E-state index < -0.39 is 32.6 Å². The molecule has 0 fully saturated rings. The number of halogens is 2. The molecule has 0 bridgehead atoms. The normalized spacial score (nSPS) is 11.9. The molecule has 1 N–H and O–H groups in total. The lowest BCUT2D eigenvalue weighted by molar-refractivity contribution is -0.160. The Bertz CT molecular complexity index is 687. The molecule has 0 saturated heterocycles. The van der Waals surface area contributed by atoms with Gasteiger partial charge in [0, 0.05) is 6.92 Å². The van der Waals surface area contributed by atoms with Crippen molar-refractivity contribution in [2.75, 3.05) is 5.32 Å². The van der Waals surface area contributed by atoms with E-state index >= 15 is 0 Å². The molecule has 0 aromatic heterocycles. The Morgan fingerprint density at radius 2 is 1.90 bits per heavy atom. The number of amides is 1. The summed E-state index contributed by atoms with van der Waals surface area (Å²) in [4.78, 5) is 22.2. The van der Waals surface area contributed by atoms with Crippen molar-refractivity contribution < 1.29 is 26.6 Å². The van der Waals surface area contributed by atoms with Gasteiger partial charge >= 0.3 is 16.2 Å². The van der Waals surface area contributed by atoms with Gasteiger partial charge in [-0.25, -0.2) is 0 Å². The summed E-state index contributed by atoms with van der Waals surface area (Å²) in [5, 5.41) is 2.20. The van der Waals surface area contributed by atoms with Gasteiger partial charge in [-0.05, 0) is 32.0 Å². The molecule has 0 aliphatic heterocycles. The SMILES string of the molecule is CC(=O)OC(C)(C)C(=O)Nc1ccc(S(=O)(=O)F)cc1Cl. The quantitative estimate of drug-likeness (QED) is 0.672.